The summed E-state index contributed by atoms with van der Waals surface area (Å²) in [6.07, 6.45) is 1.72. The molecule has 0 amide bonds. The van der Waals surface area contributed by atoms with E-state index < -0.39 is 0 Å². The second kappa shape index (κ2) is 6.73. The molecule has 0 saturated carbocycles. The Morgan fingerprint density at radius 1 is 1.18 bits per heavy atom. The minimum atomic E-state index is 0.694. The molecule has 0 fully saturated rings. The van der Waals surface area contributed by atoms with Crippen LogP contribution in [0.1, 0.15) is 11.1 Å². The number of benzene rings is 2. The number of hydrogen-bond acceptors (Lipinski definition) is 4. The Morgan fingerprint density at radius 3 is 2.77 bits per heavy atom. The number of nitrogens with one attached hydrogen (secondary N) is 1. The molecule has 0 aliphatic carbocycles. The van der Waals surface area contributed by atoms with Gasteiger partial charge in [0, 0.05) is 16.0 Å². The van der Waals surface area contributed by atoms with Gasteiger partial charge in [-0.25, -0.2) is 4.98 Å². The highest BCUT2D eigenvalue weighted by molar-refractivity contribution is 7.14. The van der Waals surface area contributed by atoms with Crippen LogP contribution >= 0.6 is 22.9 Å². The van der Waals surface area contributed by atoms with Gasteiger partial charge in [0.15, 0.2) is 0 Å². The summed E-state index contributed by atoms with van der Waals surface area (Å²) in [5.74, 6) is 0. The van der Waals surface area contributed by atoms with Gasteiger partial charge >= 0.3 is 0 Å². The number of hydrogen-bond donors (Lipinski definition) is 1. The van der Waals surface area contributed by atoms with Crippen LogP contribution in [0.2, 0.25) is 5.02 Å². The average molecular weight is 328 g/mol. The summed E-state index contributed by atoms with van der Waals surface area (Å²) >= 11 is 7.46. The standard InChI is InChI=1S/C17H14ClN3S/c1-12-5-7-14(8-6-12)16-11-22-17(20-16)21-19-10-13-3-2-4-15(18)9-13/h2-11H,1H3,(H,20,21)/b19-10-. The first kappa shape index (κ1) is 14.8. The maximum atomic E-state index is 5.93. The number of halogens is 1. The summed E-state index contributed by atoms with van der Waals surface area (Å²) in [5, 5.41) is 7.66. The molecule has 0 saturated heterocycles. The first-order chi connectivity index (χ1) is 10.7. The van der Waals surface area contributed by atoms with Gasteiger partial charge in [-0.3, -0.25) is 5.43 Å². The lowest BCUT2D eigenvalue weighted by Gasteiger charge is -1.97. The molecule has 3 aromatic rings. The van der Waals surface area contributed by atoms with Crippen molar-refractivity contribution in [1.29, 1.82) is 0 Å². The Labute approximate surface area is 138 Å². The molecule has 0 spiro atoms. The summed E-state index contributed by atoms with van der Waals surface area (Å²) in [4.78, 5) is 4.53. The third-order valence-corrected chi connectivity index (χ3v) is 4.06. The van der Waals surface area contributed by atoms with E-state index in [4.69, 9.17) is 11.6 Å². The lowest BCUT2D eigenvalue weighted by atomic mass is 10.1. The molecule has 5 heteroatoms. The van der Waals surface area contributed by atoms with Crippen LogP contribution in [0, 0.1) is 6.92 Å². The Kier molecular flexibility index (Phi) is 4.51. The monoisotopic (exact) mass is 327 g/mol. The molecular formula is C17H14ClN3S. The molecule has 1 heterocycles. The number of anilines is 1. The summed E-state index contributed by atoms with van der Waals surface area (Å²) in [6, 6.07) is 15.8. The number of aromatic nitrogens is 1. The fraction of sp³-hybridized carbons (Fsp3) is 0.0588. The van der Waals surface area contributed by atoms with Crippen LogP contribution in [0.5, 0.6) is 0 Å². The van der Waals surface area contributed by atoms with Crippen LogP contribution in [0.15, 0.2) is 59.0 Å². The first-order valence-corrected chi connectivity index (χ1v) is 8.04. The smallest absolute Gasteiger partial charge is 0.203 e. The summed E-state index contributed by atoms with van der Waals surface area (Å²) < 4.78 is 0. The SMILES string of the molecule is Cc1ccc(-c2csc(N/N=C\c3cccc(Cl)c3)n2)cc1. The quantitative estimate of drug-likeness (QED) is 0.527. The Bertz CT molecular complexity index is 794. The normalized spacial score (nSPS) is 11.0. The molecule has 0 radical (unpaired) electrons. The number of aryl methyl sites for hydroxylation is 1. The molecule has 110 valence electrons. The molecule has 22 heavy (non-hydrogen) atoms. The molecule has 1 N–H and O–H groups in total. The number of thiazole rings is 1. The summed E-state index contributed by atoms with van der Waals surface area (Å²) in [7, 11) is 0. The number of hydrazone groups is 1. The first-order valence-electron chi connectivity index (χ1n) is 6.78. The molecule has 0 atom stereocenters. The van der Waals surface area contributed by atoms with Gasteiger partial charge in [0.1, 0.15) is 0 Å². The van der Waals surface area contributed by atoms with Gasteiger partial charge in [0.25, 0.3) is 0 Å². The minimum Gasteiger partial charge on any atom is -0.253 e. The van der Waals surface area contributed by atoms with Crippen LogP contribution < -0.4 is 5.43 Å². The molecule has 1 aromatic heterocycles. The lowest BCUT2D eigenvalue weighted by molar-refractivity contribution is 1.29. The van der Waals surface area contributed by atoms with Crippen LogP contribution in [-0.2, 0) is 0 Å². The van der Waals surface area contributed by atoms with Crippen molar-refractivity contribution in [1.82, 2.24) is 4.98 Å². The van der Waals surface area contributed by atoms with Crippen LogP contribution in [0.3, 0.4) is 0 Å². The highest BCUT2D eigenvalue weighted by Gasteiger charge is 2.03. The van der Waals surface area contributed by atoms with Gasteiger partial charge in [-0.2, -0.15) is 5.10 Å². The zero-order valence-corrected chi connectivity index (χ0v) is 13.5. The largest absolute Gasteiger partial charge is 0.253 e. The van der Waals surface area contributed by atoms with E-state index >= 15 is 0 Å². The van der Waals surface area contributed by atoms with Crippen molar-refractivity contribution in [3.05, 3.63) is 70.1 Å². The van der Waals surface area contributed by atoms with Crippen molar-refractivity contribution in [2.75, 3.05) is 5.43 Å². The highest BCUT2D eigenvalue weighted by atomic mass is 35.5. The van der Waals surface area contributed by atoms with E-state index in [9.17, 15) is 0 Å². The van der Waals surface area contributed by atoms with Gasteiger partial charge in [-0.05, 0) is 24.6 Å². The van der Waals surface area contributed by atoms with Crippen LogP contribution in [-0.4, -0.2) is 11.2 Å². The molecule has 3 nitrogen and oxygen atoms in total. The van der Waals surface area contributed by atoms with Gasteiger partial charge in [0.2, 0.25) is 5.13 Å². The topological polar surface area (TPSA) is 37.3 Å². The fourth-order valence-electron chi connectivity index (χ4n) is 1.93. The molecule has 0 bridgehead atoms. The van der Waals surface area contributed by atoms with Crippen molar-refractivity contribution < 1.29 is 0 Å². The maximum Gasteiger partial charge on any atom is 0.203 e. The second-order valence-electron chi connectivity index (χ2n) is 4.83. The molecule has 2 aromatic carbocycles. The Balaban J connectivity index is 1.68. The van der Waals surface area contributed by atoms with E-state index in [1.165, 1.54) is 16.9 Å². The molecule has 0 aliphatic rings. The third-order valence-electron chi connectivity index (χ3n) is 3.07. The number of rotatable bonds is 4. The maximum absolute atomic E-state index is 5.93. The molecular weight excluding hydrogens is 314 g/mol. The van der Waals surface area contributed by atoms with E-state index in [1.807, 2.05) is 29.6 Å². The third kappa shape index (κ3) is 3.72. The van der Waals surface area contributed by atoms with Crippen molar-refractivity contribution >= 4 is 34.3 Å². The molecule has 0 unspecified atom stereocenters. The highest BCUT2D eigenvalue weighted by Crippen LogP contribution is 2.25. The van der Waals surface area contributed by atoms with E-state index in [0.29, 0.717) is 5.02 Å². The van der Waals surface area contributed by atoms with E-state index in [2.05, 4.69) is 46.7 Å². The van der Waals surface area contributed by atoms with E-state index in [1.54, 1.807) is 6.21 Å². The average Bonchev–Trinajstić information content (AvgIpc) is 2.97. The van der Waals surface area contributed by atoms with Gasteiger partial charge < -0.3 is 0 Å². The predicted octanol–water partition coefficient (Wildman–Crippen LogP) is 5.22. The van der Waals surface area contributed by atoms with Gasteiger partial charge in [-0.1, -0.05) is 53.6 Å². The van der Waals surface area contributed by atoms with Crippen molar-refractivity contribution in [3.8, 4) is 11.3 Å². The lowest BCUT2D eigenvalue weighted by Crippen LogP contribution is -1.90. The summed E-state index contributed by atoms with van der Waals surface area (Å²) in [5.41, 5.74) is 7.18. The van der Waals surface area contributed by atoms with Crippen LogP contribution in [0.25, 0.3) is 11.3 Å². The van der Waals surface area contributed by atoms with Crippen LogP contribution in [0.4, 0.5) is 5.13 Å². The van der Waals surface area contributed by atoms with Gasteiger partial charge in [0.05, 0.1) is 11.9 Å². The van der Waals surface area contributed by atoms with E-state index in [0.717, 1.165) is 22.0 Å². The zero-order chi connectivity index (χ0) is 15.4. The Hall–Kier alpha value is -2.17. The van der Waals surface area contributed by atoms with Gasteiger partial charge in [-0.15, -0.1) is 11.3 Å². The predicted molar refractivity (Wildman–Crippen MR) is 95.0 cm³/mol. The number of nitrogens with zero attached hydrogens (tertiary/aromatic N) is 2. The summed E-state index contributed by atoms with van der Waals surface area (Å²) in [6.45, 7) is 2.07. The zero-order valence-electron chi connectivity index (χ0n) is 12.0. The molecule has 0 aliphatic heterocycles. The molecule has 3 rings (SSSR count). The van der Waals surface area contributed by atoms with E-state index in [-0.39, 0.29) is 0 Å². The second-order valence-corrected chi connectivity index (χ2v) is 6.12. The minimum absolute atomic E-state index is 0.694. The van der Waals surface area contributed by atoms with Crippen molar-refractivity contribution in [3.63, 3.8) is 0 Å². The Morgan fingerprint density at radius 2 is 2.00 bits per heavy atom. The van der Waals surface area contributed by atoms with Crippen molar-refractivity contribution in [2.24, 2.45) is 5.10 Å². The van der Waals surface area contributed by atoms with Crippen molar-refractivity contribution in [2.45, 2.75) is 6.92 Å². The fourth-order valence-corrected chi connectivity index (χ4v) is 2.80.